The highest BCUT2D eigenvalue weighted by molar-refractivity contribution is 6.03. The summed E-state index contributed by atoms with van der Waals surface area (Å²) in [4.78, 5) is 41.9. The number of likely N-dealkylation sites (tertiary alicyclic amines) is 1. The number of carbonyl (C=O) groups is 3. The Balaban J connectivity index is 1.53. The summed E-state index contributed by atoms with van der Waals surface area (Å²) in [6.45, 7) is 12.5. The second-order valence-corrected chi connectivity index (χ2v) is 9.31. The Morgan fingerprint density at radius 1 is 1.13 bits per heavy atom. The van der Waals surface area contributed by atoms with E-state index in [0.29, 0.717) is 13.0 Å². The maximum atomic E-state index is 13.0. The quantitative estimate of drug-likeness (QED) is 0.653. The number of benzene rings is 1. The van der Waals surface area contributed by atoms with E-state index in [9.17, 15) is 14.4 Å². The SMILES string of the molecule is CCN(CC)c1ccc(NC(=O)CCCN2C(=O)C3CCC(C)(C2=O)C3(C)C)cc1. The second kappa shape index (κ2) is 8.40. The molecule has 0 spiro atoms. The van der Waals surface area contributed by atoms with Crippen molar-refractivity contribution in [3.05, 3.63) is 24.3 Å². The summed E-state index contributed by atoms with van der Waals surface area (Å²) in [5, 5.41) is 2.91. The molecule has 6 nitrogen and oxygen atoms in total. The third-order valence-electron chi connectivity index (χ3n) is 7.57. The van der Waals surface area contributed by atoms with Gasteiger partial charge in [-0.3, -0.25) is 19.3 Å². The molecule has 1 aromatic carbocycles. The molecule has 1 saturated carbocycles. The molecule has 1 heterocycles. The van der Waals surface area contributed by atoms with Gasteiger partial charge in [-0.25, -0.2) is 0 Å². The lowest BCUT2D eigenvalue weighted by atomic mass is 9.62. The van der Waals surface area contributed by atoms with Crippen LogP contribution in [0.25, 0.3) is 0 Å². The molecule has 2 aliphatic rings. The largest absolute Gasteiger partial charge is 0.372 e. The Bertz CT molecular complexity index is 813. The molecule has 3 rings (SSSR count). The predicted molar refractivity (Wildman–Crippen MR) is 119 cm³/mol. The average molecular weight is 414 g/mol. The maximum Gasteiger partial charge on any atom is 0.235 e. The van der Waals surface area contributed by atoms with Crippen molar-refractivity contribution in [2.75, 3.05) is 29.9 Å². The molecule has 164 valence electrons. The maximum absolute atomic E-state index is 13.0. The average Bonchev–Trinajstić information content (AvgIpc) is 2.90. The second-order valence-electron chi connectivity index (χ2n) is 9.31. The van der Waals surface area contributed by atoms with Gasteiger partial charge in [-0.1, -0.05) is 20.8 Å². The normalized spacial score (nSPS) is 24.8. The molecule has 1 saturated heterocycles. The van der Waals surface area contributed by atoms with Crippen LogP contribution in [-0.2, 0) is 14.4 Å². The Morgan fingerprint density at radius 2 is 1.77 bits per heavy atom. The van der Waals surface area contributed by atoms with Gasteiger partial charge in [0.1, 0.15) is 0 Å². The molecular formula is C24H35N3O3. The molecule has 3 amide bonds. The molecule has 1 aliphatic carbocycles. The van der Waals surface area contributed by atoms with Crippen LogP contribution in [0.1, 0.15) is 60.3 Å². The van der Waals surface area contributed by atoms with Crippen LogP contribution in [0.15, 0.2) is 24.3 Å². The number of fused-ring (bicyclic) bond motifs is 2. The van der Waals surface area contributed by atoms with E-state index in [4.69, 9.17) is 0 Å². The van der Waals surface area contributed by atoms with Gasteiger partial charge in [0, 0.05) is 43.3 Å². The van der Waals surface area contributed by atoms with Gasteiger partial charge in [-0.05, 0) is 62.8 Å². The van der Waals surface area contributed by atoms with E-state index >= 15 is 0 Å². The number of amides is 3. The molecule has 0 aromatic heterocycles. The van der Waals surface area contributed by atoms with E-state index in [-0.39, 0.29) is 35.5 Å². The van der Waals surface area contributed by atoms with Crippen LogP contribution in [0.4, 0.5) is 11.4 Å². The van der Waals surface area contributed by atoms with Crippen LogP contribution in [0.2, 0.25) is 0 Å². The summed E-state index contributed by atoms with van der Waals surface area (Å²) >= 11 is 0. The number of anilines is 2. The van der Waals surface area contributed by atoms with Gasteiger partial charge in [-0.2, -0.15) is 0 Å². The molecule has 1 aliphatic heterocycles. The van der Waals surface area contributed by atoms with E-state index in [2.05, 4.69) is 24.1 Å². The van der Waals surface area contributed by atoms with Gasteiger partial charge in [-0.15, -0.1) is 0 Å². The minimum absolute atomic E-state index is 0.0626. The molecule has 30 heavy (non-hydrogen) atoms. The lowest BCUT2D eigenvalue weighted by molar-refractivity contribution is -0.168. The molecule has 6 heteroatoms. The Labute approximate surface area is 180 Å². The molecule has 2 unspecified atom stereocenters. The Morgan fingerprint density at radius 3 is 2.37 bits per heavy atom. The first-order chi connectivity index (χ1) is 14.2. The fourth-order valence-corrected chi connectivity index (χ4v) is 5.08. The number of rotatable bonds is 8. The highest BCUT2D eigenvalue weighted by Gasteiger charge is 2.64. The Hall–Kier alpha value is -2.37. The first-order valence-electron chi connectivity index (χ1n) is 11.2. The minimum atomic E-state index is -0.486. The third-order valence-corrected chi connectivity index (χ3v) is 7.57. The van der Waals surface area contributed by atoms with Crippen molar-refractivity contribution in [3.8, 4) is 0 Å². The topological polar surface area (TPSA) is 69.7 Å². The lowest BCUT2D eigenvalue weighted by Crippen LogP contribution is -2.59. The van der Waals surface area contributed by atoms with Gasteiger partial charge < -0.3 is 10.2 Å². The molecule has 2 fully saturated rings. The zero-order chi connectivity index (χ0) is 22.1. The monoisotopic (exact) mass is 413 g/mol. The minimum Gasteiger partial charge on any atom is -0.372 e. The number of imide groups is 1. The molecule has 2 bridgehead atoms. The van der Waals surface area contributed by atoms with E-state index in [1.807, 2.05) is 45.0 Å². The molecule has 1 N–H and O–H groups in total. The summed E-state index contributed by atoms with van der Waals surface area (Å²) in [6, 6.07) is 7.82. The van der Waals surface area contributed by atoms with E-state index in [0.717, 1.165) is 37.3 Å². The number of piperidine rings is 1. The molecular weight excluding hydrogens is 378 g/mol. The summed E-state index contributed by atoms with van der Waals surface area (Å²) in [6.07, 6.45) is 2.29. The first kappa shape index (κ1) is 22.3. The Kier molecular flexibility index (Phi) is 6.25. The van der Waals surface area contributed by atoms with Crippen LogP contribution in [0.3, 0.4) is 0 Å². The molecule has 1 aromatic rings. The van der Waals surface area contributed by atoms with Gasteiger partial charge in [0.2, 0.25) is 17.7 Å². The van der Waals surface area contributed by atoms with Gasteiger partial charge in [0.05, 0.1) is 5.41 Å². The highest BCUT2D eigenvalue weighted by Crippen LogP contribution is 2.60. The number of carbonyl (C=O) groups excluding carboxylic acids is 3. The van der Waals surface area contributed by atoms with Crippen molar-refractivity contribution in [1.29, 1.82) is 0 Å². The van der Waals surface area contributed by atoms with E-state index in [1.54, 1.807) is 0 Å². The standard InChI is InChI=1S/C24H35N3O3/c1-6-26(7-2)18-12-10-17(11-13-18)25-20(28)9-8-16-27-21(29)19-14-15-24(5,22(27)30)23(19,3)4/h10-13,19H,6-9,14-16H2,1-5H3,(H,25,28). The van der Waals surface area contributed by atoms with Crippen LogP contribution < -0.4 is 10.2 Å². The fraction of sp³-hybridized carbons (Fsp3) is 0.625. The highest BCUT2D eigenvalue weighted by atomic mass is 16.2. The van der Waals surface area contributed by atoms with Gasteiger partial charge >= 0.3 is 0 Å². The smallest absolute Gasteiger partial charge is 0.235 e. The number of nitrogens with one attached hydrogen (secondary N) is 1. The van der Waals surface area contributed by atoms with Crippen molar-refractivity contribution in [2.24, 2.45) is 16.7 Å². The van der Waals surface area contributed by atoms with Crippen molar-refractivity contribution < 1.29 is 14.4 Å². The summed E-state index contributed by atoms with van der Waals surface area (Å²) in [5.41, 5.74) is 1.10. The van der Waals surface area contributed by atoms with E-state index in [1.165, 1.54) is 4.90 Å². The summed E-state index contributed by atoms with van der Waals surface area (Å²) < 4.78 is 0. The number of hydrogen-bond donors (Lipinski definition) is 1. The zero-order valence-electron chi connectivity index (χ0n) is 19.0. The van der Waals surface area contributed by atoms with Crippen molar-refractivity contribution in [2.45, 2.75) is 60.3 Å². The lowest BCUT2D eigenvalue weighted by Gasteiger charge is -2.47. The zero-order valence-corrected chi connectivity index (χ0v) is 19.0. The van der Waals surface area contributed by atoms with Crippen LogP contribution in [0.5, 0.6) is 0 Å². The third kappa shape index (κ3) is 3.72. The van der Waals surface area contributed by atoms with Crippen molar-refractivity contribution in [3.63, 3.8) is 0 Å². The number of hydrogen-bond acceptors (Lipinski definition) is 4. The summed E-state index contributed by atoms with van der Waals surface area (Å²) in [7, 11) is 0. The molecule has 0 radical (unpaired) electrons. The van der Waals surface area contributed by atoms with Crippen LogP contribution >= 0.6 is 0 Å². The number of nitrogens with zero attached hydrogens (tertiary/aromatic N) is 2. The predicted octanol–water partition coefficient (Wildman–Crippen LogP) is 4.06. The van der Waals surface area contributed by atoms with E-state index < -0.39 is 5.41 Å². The first-order valence-corrected chi connectivity index (χ1v) is 11.2. The van der Waals surface area contributed by atoms with Crippen LogP contribution in [0, 0.1) is 16.7 Å². The van der Waals surface area contributed by atoms with Crippen molar-refractivity contribution >= 4 is 29.1 Å². The molecule has 2 atom stereocenters. The fourth-order valence-electron chi connectivity index (χ4n) is 5.08. The van der Waals surface area contributed by atoms with Gasteiger partial charge in [0.15, 0.2) is 0 Å². The van der Waals surface area contributed by atoms with Crippen LogP contribution in [-0.4, -0.2) is 42.3 Å². The van der Waals surface area contributed by atoms with Crippen molar-refractivity contribution in [1.82, 2.24) is 4.90 Å². The summed E-state index contributed by atoms with van der Waals surface area (Å²) in [5.74, 6) is -0.332. The van der Waals surface area contributed by atoms with Gasteiger partial charge in [0.25, 0.3) is 0 Å².